The molecular weight excluding hydrogens is 122 g/mol. The first-order chi connectivity index (χ1) is 4.33. The second-order valence-corrected chi connectivity index (χ2v) is 2.20. The topological polar surface area (TPSA) is 58.9 Å². The fourth-order valence-corrected chi connectivity index (χ4v) is 1.02. The Morgan fingerprint density at radius 2 is 1.44 bits per heavy atom. The van der Waals surface area contributed by atoms with Crippen molar-refractivity contribution in [3.05, 3.63) is 9.81 Å². The van der Waals surface area contributed by atoms with Gasteiger partial charge in [-0.15, -0.1) is 0 Å². The normalized spacial score (nSPS) is 23.6. The predicted molar refractivity (Wildman–Crippen MR) is 30.8 cm³/mol. The van der Waals surface area contributed by atoms with Crippen LogP contribution in [0.15, 0.2) is 10.6 Å². The number of hydrogen-bond donors (Lipinski definition) is 0. The van der Waals surface area contributed by atoms with Crippen LogP contribution in [0.25, 0.3) is 0 Å². The number of quaternary nitrogens is 1. The maximum atomic E-state index is 9.99. The minimum atomic E-state index is -0.472. The lowest BCUT2D eigenvalue weighted by Crippen LogP contribution is -2.31. The van der Waals surface area contributed by atoms with E-state index in [0.717, 1.165) is 12.8 Å². The molecule has 0 atom stereocenters. The molecule has 0 N–H and O–H groups in total. The van der Waals surface area contributed by atoms with E-state index in [2.05, 4.69) is 10.6 Å². The average Bonchev–Trinajstić information content (AvgIpc) is 2.36. The quantitative estimate of drug-likeness (QED) is 0.413. The SMILES string of the molecule is O=N[N+]1(N=O)CCCC1. The van der Waals surface area contributed by atoms with Crippen LogP contribution >= 0.6 is 0 Å². The van der Waals surface area contributed by atoms with E-state index in [1.54, 1.807) is 0 Å². The van der Waals surface area contributed by atoms with Crippen molar-refractivity contribution in [1.29, 1.82) is 0 Å². The summed E-state index contributed by atoms with van der Waals surface area (Å²) in [7, 11) is 0. The van der Waals surface area contributed by atoms with Crippen LogP contribution in [0.5, 0.6) is 0 Å². The number of rotatable bonds is 2. The molecule has 0 aromatic heterocycles. The van der Waals surface area contributed by atoms with E-state index in [1.165, 1.54) is 0 Å². The monoisotopic (exact) mass is 130 g/mol. The van der Waals surface area contributed by atoms with E-state index in [4.69, 9.17) is 0 Å². The first kappa shape index (κ1) is 6.28. The van der Waals surface area contributed by atoms with E-state index in [1.807, 2.05) is 0 Å². The van der Waals surface area contributed by atoms with E-state index >= 15 is 0 Å². The minimum Gasteiger partial charge on any atom is -0.0882 e. The van der Waals surface area contributed by atoms with Crippen LogP contribution in [-0.2, 0) is 0 Å². The van der Waals surface area contributed by atoms with Gasteiger partial charge < -0.3 is 0 Å². The van der Waals surface area contributed by atoms with Crippen LogP contribution in [-0.4, -0.2) is 17.8 Å². The molecule has 0 aromatic carbocycles. The summed E-state index contributed by atoms with van der Waals surface area (Å²) < 4.78 is -0.472. The van der Waals surface area contributed by atoms with Gasteiger partial charge in [-0.05, 0) is 4.70 Å². The summed E-state index contributed by atoms with van der Waals surface area (Å²) in [6, 6.07) is 0. The van der Waals surface area contributed by atoms with Crippen molar-refractivity contribution in [2.24, 2.45) is 10.6 Å². The third kappa shape index (κ3) is 0.951. The Morgan fingerprint density at radius 1 is 1.00 bits per heavy atom. The average molecular weight is 130 g/mol. The van der Waals surface area contributed by atoms with Gasteiger partial charge in [0.15, 0.2) is 10.6 Å². The van der Waals surface area contributed by atoms with Gasteiger partial charge in [0.25, 0.3) is 0 Å². The van der Waals surface area contributed by atoms with Crippen molar-refractivity contribution in [1.82, 2.24) is 0 Å². The fraction of sp³-hybridized carbons (Fsp3) is 1.00. The van der Waals surface area contributed by atoms with Gasteiger partial charge in [0, 0.05) is 12.8 Å². The maximum absolute atomic E-state index is 9.99. The molecule has 50 valence electrons. The van der Waals surface area contributed by atoms with E-state index in [9.17, 15) is 9.81 Å². The van der Waals surface area contributed by atoms with Gasteiger partial charge in [0.2, 0.25) is 0 Å². The van der Waals surface area contributed by atoms with Crippen molar-refractivity contribution < 1.29 is 4.70 Å². The molecule has 5 heteroatoms. The van der Waals surface area contributed by atoms with Crippen molar-refractivity contribution in [3.8, 4) is 0 Å². The highest BCUT2D eigenvalue weighted by molar-refractivity contribution is 4.47. The Bertz CT molecular complexity index is 120. The van der Waals surface area contributed by atoms with Gasteiger partial charge in [0.1, 0.15) is 13.1 Å². The third-order valence-corrected chi connectivity index (χ3v) is 1.59. The highest BCUT2D eigenvalue weighted by atomic mass is 16.4. The van der Waals surface area contributed by atoms with Gasteiger partial charge in [-0.1, -0.05) is 9.81 Å². The molecule has 1 saturated heterocycles. The zero-order chi connectivity index (χ0) is 6.74. The van der Waals surface area contributed by atoms with Gasteiger partial charge in [-0.3, -0.25) is 0 Å². The van der Waals surface area contributed by atoms with Crippen molar-refractivity contribution in [2.75, 3.05) is 13.1 Å². The van der Waals surface area contributed by atoms with E-state index in [0.29, 0.717) is 13.1 Å². The highest BCUT2D eigenvalue weighted by Gasteiger charge is 2.36. The van der Waals surface area contributed by atoms with Crippen LogP contribution < -0.4 is 0 Å². The zero-order valence-corrected chi connectivity index (χ0v) is 4.99. The second kappa shape index (κ2) is 2.18. The van der Waals surface area contributed by atoms with Crippen LogP contribution in [0, 0.1) is 9.81 Å². The molecule has 1 aliphatic heterocycles. The van der Waals surface area contributed by atoms with Crippen LogP contribution in [0.1, 0.15) is 12.8 Å². The molecule has 0 bridgehead atoms. The lowest BCUT2D eigenvalue weighted by Gasteiger charge is -2.07. The Kier molecular flexibility index (Phi) is 1.52. The first-order valence-electron chi connectivity index (χ1n) is 2.90. The molecule has 0 unspecified atom stereocenters. The maximum Gasteiger partial charge on any atom is 0.185 e. The summed E-state index contributed by atoms with van der Waals surface area (Å²) in [5, 5.41) is 5.29. The molecule has 0 aromatic rings. The Labute approximate surface area is 52.1 Å². The molecule has 1 aliphatic rings. The molecule has 0 amide bonds. The summed E-state index contributed by atoms with van der Waals surface area (Å²) in [6.45, 7) is 0.958. The van der Waals surface area contributed by atoms with Gasteiger partial charge in [0.05, 0.1) is 0 Å². The molecule has 1 fully saturated rings. The Hall–Kier alpha value is -0.840. The lowest BCUT2D eigenvalue weighted by atomic mass is 10.4. The number of nitroso groups, excluding NO2 is 2. The number of nitrogens with zero attached hydrogens (tertiary/aromatic N) is 3. The Morgan fingerprint density at radius 3 is 1.67 bits per heavy atom. The summed E-state index contributed by atoms with van der Waals surface area (Å²) in [6.07, 6.45) is 1.74. The lowest BCUT2D eigenvalue weighted by molar-refractivity contribution is -0.933. The molecule has 5 nitrogen and oxygen atoms in total. The second-order valence-electron chi connectivity index (χ2n) is 2.20. The third-order valence-electron chi connectivity index (χ3n) is 1.59. The van der Waals surface area contributed by atoms with Crippen molar-refractivity contribution >= 4 is 0 Å². The standard InChI is InChI=1S/C4H8N3O2/c8-5-7(6-9)3-1-2-4-7/h1-4H2/q+1. The van der Waals surface area contributed by atoms with E-state index < -0.39 is 4.70 Å². The molecule has 9 heavy (non-hydrogen) atoms. The molecule has 0 radical (unpaired) electrons. The zero-order valence-electron chi connectivity index (χ0n) is 4.99. The highest BCUT2D eigenvalue weighted by Crippen LogP contribution is 2.19. The van der Waals surface area contributed by atoms with E-state index in [-0.39, 0.29) is 0 Å². The molecular formula is C4H8N3O2+. The number of hydrogen-bond acceptors (Lipinski definition) is 4. The van der Waals surface area contributed by atoms with Crippen LogP contribution in [0.3, 0.4) is 0 Å². The van der Waals surface area contributed by atoms with Crippen molar-refractivity contribution in [3.63, 3.8) is 0 Å². The molecule has 1 heterocycles. The Balaban J connectivity index is 2.66. The summed E-state index contributed by atoms with van der Waals surface area (Å²) in [4.78, 5) is 20.0. The van der Waals surface area contributed by atoms with Gasteiger partial charge in [-0.2, -0.15) is 0 Å². The largest absolute Gasteiger partial charge is 0.185 e. The first-order valence-corrected chi connectivity index (χ1v) is 2.90. The molecule has 0 aliphatic carbocycles. The van der Waals surface area contributed by atoms with Crippen LogP contribution in [0.4, 0.5) is 0 Å². The summed E-state index contributed by atoms with van der Waals surface area (Å²) >= 11 is 0. The molecule has 0 saturated carbocycles. The summed E-state index contributed by atoms with van der Waals surface area (Å²) in [5.74, 6) is 0. The summed E-state index contributed by atoms with van der Waals surface area (Å²) in [5.41, 5.74) is 0. The smallest absolute Gasteiger partial charge is 0.0882 e. The minimum absolute atomic E-state index is 0.472. The predicted octanol–water partition coefficient (Wildman–Crippen LogP) is 0.960. The van der Waals surface area contributed by atoms with Crippen molar-refractivity contribution in [2.45, 2.75) is 12.8 Å². The molecule has 1 rings (SSSR count). The van der Waals surface area contributed by atoms with Crippen LogP contribution in [0.2, 0.25) is 0 Å². The van der Waals surface area contributed by atoms with Gasteiger partial charge in [-0.25, -0.2) is 0 Å². The molecule has 0 spiro atoms. The van der Waals surface area contributed by atoms with Gasteiger partial charge >= 0.3 is 0 Å². The fourth-order valence-electron chi connectivity index (χ4n) is 1.02.